The molecule has 0 aliphatic carbocycles. The molecule has 1 aliphatic rings. The fourth-order valence-corrected chi connectivity index (χ4v) is 21.4. The Bertz CT molecular complexity index is 959. The molecule has 3 aromatic rings. The molecule has 0 saturated carbocycles. The van der Waals surface area contributed by atoms with Crippen LogP contribution in [0.4, 0.5) is 0 Å². The summed E-state index contributed by atoms with van der Waals surface area (Å²) in [5, 5.41) is 0.275. The van der Waals surface area contributed by atoms with Crippen molar-refractivity contribution in [2.24, 2.45) is 0 Å². The van der Waals surface area contributed by atoms with Crippen molar-refractivity contribution in [1.82, 2.24) is 0 Å². The number of quaternary nitrogens is 1. The van der Waals surface area contributed by atoms with E-state index >= 15 is 0 Å². The van der Waals surface area contributed by atoms with Crippen LogP contribution in [0.1, 0.15) is 20.8 Å². The van der Waals surface area contributed by atoms with Gasteiger partial charge < -0.3 is 0 Å². The summed E-state index contributed by atoms with van der Waals surface area (Å²) in [5.41, 5.74) is 0. The van der Waals surface area contributed by atoms with E-state index in [4.69, 9.17) is 4.43 Å². The van der Waals surface area contributed by atoms with Gasteiger partial charge in [0.05, 0.1) is 0 Å². The maximum absolute atomic E-state index is 6.67. The minimum absolute atomic E-state index is 0.132. The van der Waals surface area contributed by atoms with E-state index in [0.29, 0.717) is 0 Å². The van der Waals surface area contributed by atoms with Gasteiger partial charge in [0.1, 0.15) is 0 Å². The Kier molecular flexibility index (Phi) is 7.03. The predicted molar refractivity (Wildman–Crippen MR) is 151 cm³/mol. The molecule has 174 valence electrons. The Morgan fingerprint density at radius 2 is 1.21 bits per heavy atom. The first-order valence-corrected chi connectivity index (χ1v) is 20.6. The fourth-order valence-electron chi connectivity index (χ4n) is 4.65. The van der Waals surface area contributed by atoms with Gasteiger partial charge in [-0.15, -0.1) is 0 Å². The van der Waals surface area contributed by atoms with Crippen molar-refractivity contribution in [3.63, 3.8) is 0 Å². The molecule has 0 amide bonds. The Labute approximate surface area is 207 Å². The van der Waals surface area contributed by atoms with Gasteiger partial charge in [-0.05, 0) is 0 Å². The van der Waals surface area contributed by atoms with Crippen LogP contribution in [-0.2, 0) is 4.43 Å². The summed E-state index contributed by atoms with van der Waals surface area (Å²) in [6.45, 7) is 15.3. The second kappa shape index (κ2) is 9.37. The zero-order valence-electron chi connectivity index (χ0n) is 20.2. The molecule has 1 saturated heterocycles. The van der Waals surface area contributed by atoms with Crippen LogP contribution in [0, 0.1) is 0 Å². The first-order chi connectivity index (χ1) is 15.6. The molecule has 0 N–H and O–H groups in total. The van der Waals surface area contributed by atoms with Crippen molar-refractivity contribution in [2.75, 3.05) is 19.7 Å². The standard InChI is InChI=1S/C10H25BNOSi.3C6H5.Sn/c1-10(2,3)14(4,5)13-9-8-12(11)6-7-12;3*1-2-4-6-5-3-1;/h6H,7-9H2,1-5,11H3;3*1-5H;. The third-order valence-corrected chi connectivity index (χ3v) is 27.2. The molecular weight excluding hydrogens is 524 g/mol. The molecule has 0 spiro atoms. The monoisotopic (exact) mass is 565 g/mol. The summed E-state index contributed by atoms with van der Waals surface area (Å²) < 4.78 is 13.7. The van der Waals surface area contributed by atoms with Crippen LogP contribution < -0.4 is 10.7 Å². The summed E-state index contributed by atoms with van der Waals surface area (Å²) in [4.78, 5) is 0. The fraction of sp³-hybridized carbons (Fsp3) is 0.357. The molecule has 1 aliphatic heterocycles. The van der Waals surface area contributed by atoms with Crippen LogP contribution in [0.2, 0.25) is 18.1 Å². The number of benzene rings is 3. The predicted octanol–water partition coefficient (Wildman–Crippen LogP) is 3.20. The van der Waals surface area contributed by atoms with E-state index < -0.39 is 26.7 Å². The van der Waals surface area contributed by atoms with Crippen LogP contribution in [0.3, 0.4) is 0 Å². The van der Waals surface area contributed by atoms with E-state index in [1.165, 1.54) is 17.5 Å². The molecule has 2 nitrogen and oxygen atoms in total. The molecular formula is C28H40BNOSiSn. The van der Waals surface area contributed by atoms with Crippen molar-refractivity contribution in [3.05, 3.63) is 91.0 Å². The Balaban J connectivity index is 1.73. The number of rotatable bonds is 8. The van der Waals surface area contributed by atoms with Crippen molar-refractivity contribution in [2.45, 2.75) is 43.0 Å². The first-order valence-electron chi connectivity index (χ1n) is 11.8. The van der Waals surface area contributed by atoms with Gasteiger partial charge in [0, 0.05) is 0 Å². The van der Waals surface area contributed by atoms with Gasteiger partial charge in [-0.3, -0.25) is 0 Å². The average molecular weight is 564 g/mol. The topological polar surface area (TPSA) is 9.23 Å². The number of nitrogens with zero attached hydrogens (tertiary/aromatic N) is 1. The van der Waals surface area contributed by atoms with Crippen LogP contribution in [0.25, 0.3) is 0 Å². The van der Waals surface area contributed by atoms with E-state index in [1.54, 1.807) is 10.7 Å². The molecule has 1 fully saturated rings. The minimum atomic E-state index is -3.21. The van der Waals surface area contributed by atoms with Gasteiger partial charge in [-0.1, -0.05) is 0 Å². The van der Waals surface area contributed by atoms with Crippen molar-refractivity contribution < 1.29 is 8.82 Å². The second-order valence-electron chi connectivity index (χ2n) is 10.5. The second-order valence-corrected chi connectivity index (χ2v) is 26.8. The van der Waals surface area contributed by atoms with Crippen molar-refractivity contribution in [3.8, 4) is 0 Å². The van der Waals surface area contributed by atoms with Crippen LogP contribution in [0.15, 0.2) is 91.0 Å². The van der Waals surface area contributed by atoms with E-state index in [0.717, 1.165) is 10.7 Å². The summed E-state index contributed by atoms with van der Waals surface area (Å²) in [5.74, 6) is 0. The molecule has 33 heavy (non-hydrogen) atoms. The van der Waals surface area contributed by atoms with Gasteiger partial charge in [0.2, 0.25) is 0 Å². The van der Waals surface area contributed by atoms with Crippen LogP contribution in [0.5, 0.6) is 0 Å². The molecule has 5 heteroatoms. The van der Waals surface area contributed by atoms with E-state index in [1.807, 2.05) is 0 Å². The SMILES string of the molecule is [BH3-][N+]1(CCO[Si](C)(C)C(C)(C)C)C[CH]1[Sn]([c]1ccccc1)([c]1ccccc1)[c]1ccccc1. The van der Waals surface area contributed by atoms with Crippen LogP contribution >= 0.6 is 0 Å². The van der Waals surface area contributed by atoms with E-state index in [2.05, 4.69) is 125 Å². The Morgan fingerprint density at radius 3 is 1.58 bits per heavy atom. The van der Waals surface area contributed by atoms with Gasteiger partial charge >= 0.3 is 208 Å². The van der Waals surface area contributed by atoms with Gasteiger partial charge in [-0.2, -0.15) is 0 Å². The zero-order chi connectivity index (χ0) is 23.7. The average Bonchev–Trinajstić information content (AvgIpc) is 3.47. The summed E-state index contributed by atoms with van der Waals surface area (Å²) in [7, 11) is -1.57. The third-order valence-electron chi connectivity index (χ3n) is 7.55. The molecule has 1 heterocycles. The van der Waals surface area contributed by atoms with Crippen molar-refractivity contribution >= 4 is 45.4 Å². The molecule has 3 aromatic carbocycles. The first kappa shape index (κ1) is 24.8. The van der Waals surface area contributed by atoms with Crippen LogP contribution in [-0.4, -0.2) is 62.8 Å². The number of hydrogen-bond acceptors (Lipinski definition) is 1. The Hall–Kier alpha value is -1.34. The molecule has 2 unspecified atom stereocenters. The summed E-state index contributed by atoms with van der Waals surface area (Å²) in [6.07, 6.45) is 0. The maximum atomic E-state index is 6.67. The summed E-state index contributed by atoms with van der Waals surface area (Å²) in [6, 6.07) is 34.7. The quantitative estimate of drug-likeness (QED) is 0.302. The normalized spacial score (nSPS) is 21.1. The molecule has 0 radical (unpaired) electrons. The molecule has 0 bridgehead atoms. The third kappa shape index (κ3) is 4.77. The van der Waals surface area contributed by atoms with Crippen molar-refractivity contribution in [1.29, 1.82) is 0 Å². The summed E-state index contributed by atoms with van der Waals surface area (Å²) >= 11 is -3.21. The van der Waals surface area contributed by atoms with Gasteiger partial charge in [-0.25, -0.2) is 0 Å². The Morgan fingerprint density at radius 1 is 0.818 bits per heavy atom. The molecule has 2 atom stereocenters. The molecule has 4 rings (SSSR count). The number of hydrogen-bond donors (Lipinski definition) is 0. The zero-order valence-corrected chi connectivity index (χ0v) is 24.1. The van der Waals surface area contributed by atoms with E-state index in [-0.39, 0.29) is 13.0 Å². The van der Waals surface area contributed by atoms with Gasteiger partial charge in [0.25, 0.3) is 0 Å². The molecule has 0 aromatic heterocycles. The van der Waals surface area contributed by atoms with E-state index in [9.17, 15) is 0 Å². The van der Waals surface area contributed by atoms with Gasteiger partial charge in [0.15, 0.2) is 0 Å².